The molecule has 0 aliphatic carbocycles. The standard InChI is InChI=1S/C7H11O3P/c1-6(2)7(3)4-5-11(8,9)10/h1-3H3,(H2,8,9,10). The van der Waals surface area contributed by atoms with E-state index in [1.54, 1.807) is 6.92 Å². The molecule has 0 amide bonds. The van der Waals surface area contributed by atoms with E-state index in [-0.39, 0.29) is 0 Å². The molecule has 0 atom stereocenters. The highest BCUT2D eigenvalue weighted by Gasteiger charge is 2.05. The Bertz CT molecular complexity index is 270. The van der Waals surface area contributed by atoms with Crippen molar-refractivity contribution in [3.63, 3.8) is 0 Å². The van der Waals surface area contributed by atoms with E-state index in [1.165, 1.54) is 0 Å². The smallest absolute Gasteiger partial charge is 0.315 e. The van der Waals surface area contributed by atoms with Crippen LogP contribution in [-0.4, -0.2) is 9.79 Å². The second-order valence-electron chi connectivity index (χ2n) is 2.41. The Hall–Kier alpha value is -0.550. The van der Waals surface area contributed by atoms with Gasteiger partial charge in [-0.05, 0) is 26.3 Å². The minimum atomic E-state index is -4.15. The van der Waals surface area contributed by atoms with Crippen molar-refractivity contribution >= 4 is 7.60 Å². The van der Waals surface area contributed by atoms with Crippen molar-refractivity contribution in [3.05, 3.63) is 11.1 Å². The first-order valence-corrected chi connectivity index (χ1v) is 4.67. The summed E-state index contributed by atoms with van der Waals surface area (Å²) in [6.07, 6.45) is 0. The van der Waals surface area contributed by atoms with E-state index in [4.69, 9.17) is 9.79 Å². The van der Waals surface area contributed by atoms with Gasteiger partial charge in [0.15, 0.2) is 0 Å². The zero-order chi connectivity index (χ0) is 9.07. The highest BCUT2D eigenvalue weighted by atomic mass is 31.2. The molecule has 0 aliphatic heterocycles. The van der Waals surface area contributed by atoms with Crippen LogP contribution < -0.4 is 0 Å². The molecule has 0 aromatic rings. The van der Waals surface area contributed by atoms with E-state index < -0.39 is 7.60 Å². The van der Waals surface area contributed by atoms with E-state index in [0.717, 1.165) is 5.57 Å². The van der Waals surface area contributed by atoms with E-state index in [2.05, 4.69) is 5.92 Å². The summed E-state index contributed by atoms with van der Waals surface area (Å²) in [7, 11) is -4.15. The molecular weight excluding hydrogens is 163 g/mol. The lowest BCUT2D eigenvalue weighted by atomic mass is 10.2. The summed E-state index contributed by atoms with van der Waals surface area (Å²) in [6.45, 7) is 5.39. The third-order valence-electron chi connectivity index (χ3n) is 1.14. The summed E-state index contributed by atoms with van der Waals surface area (Å²) in [5.41, 5.74) is 3.53. The van der Waals surface area contributed by atoms with Crippen molar-refractivity contribution in [2.24, 2.45) is 0 Å². The monoisotopic (exact) mass is 174 g/mol. The highest BCUT2D eigenvalue weighted by molar-refractivity contribution is 7.57. The van der Waals surface area contributed by atoms with Gasteiger partial charge < -0.3 is 9.79 Å². The Labute approximate surface area is 66.3 Å². The van der Waals surface area contributed by atoms with Crippen molar-refractivity contribution in [2.45, 2.75) is 20.8 Å². The molecular formula is C7H11O3P. The van der Waals surface area contributed by atoms with Gasteiger partial charge in [0.25, 0.3) is 0 Å². The van der Waals surface area contributed by atoms with Gasteiger partial charge in [-0.15, -0.1) is 0 Å². The van der Waals surface area contributed by atoms with E-state index in [1.807, 2.05) is 19.5 Å². The van der Waals surface area contributed by atoms with Gasteiger partial charge in [-0.2, -0.15) is 0 Å². The van der Waals surface area contributed by atoms with Crippen LogP contribution in [0.25, 0.3) is 0 Å². The number of allylic oxidation sites excluding steroid dienone is 2. The lowest BCUT2D eigenvalue weighted by molar-refractivity contribution is 0.388. The first kappa shape index (κ1) is 10.4. The molecule has 11 heavy (non-hydrogen) atoms. The summed E-state index contributed by atoms with van der Waals surface area (Å²) in [5.74, 6) is 2.39. The minimum absolute atomic E-state index is 0.702. The molecule has 3 nitrogen and oxygen atoms in total. The summed E-state index contributed by atoms with van der Waals surface area (Å²) in [4.78, 5) is 16.7. The normalized spacial score (nSPS) is 9.91. The van der Waals surface area contributed by atoms with E-state index in [0.29, 0.717) is 5.57 Å². The van der Waals surface area contributed by atoms with Crippen LogP contribution in [0.2, 0.25) is 0 Å². The zero-order valence-corrected chi connectivity index (χ0v) is 7.64. The molecule has 62 valence electrons. The summed E-state index contributed by atoms with van der Waals surface area (Å²) >= 11 is 0. The first-order chi connectivity index (χ1) is 4.83. The van der Waals surface area contributed by atoms with Gasteiger partial charge in [0.2, 0.25) is 0 Å². The first-order valence-electron chi connectivity index (χ1n) is 3.06. The third kappa shape index (κ3) is 5.87. The molecule has 0 rings (SSSR count). The molecule has 0 aromatic carbocycles. The maximum atomic E-state index is 10.3. The molecule has 0 radical (unpaired) electrons. The van der Waals surface area contributed by atoms with Crippen LogP contribution in [0.5, 0.6) is 0 Å². The van der Waals surface area contributed by atoms with Gasteiger partial charge in [0, 0.05) is 5.66 Å². The molecule has 0 saturated carbocycles. The summed E-state index contributed by atoms with van der Waals surface area (Å²) < 4.78 is 10.3. The topological polar surface area (TPSA) is 57.5 Å². The second-order valence-corrected chi connectivity index (χ2v) is 3.72. The van der Waals surface area contributed by atoms with Gasteiger partial charge in [-0.1, -0.05) is 11.5 Å². The minimum Gasteiger partial charge on any atom is -0.315 e. The molecule has 0 bridgehead atoms. The second kappa shape index (κ2) is 3.73. The van der Waals surface area contributed by atoms with Crippen LogP contribution in [0.4, 0.5) is 0 Å². The SMILES string of the molecule is CC(C)=C(C)C#CP(=O)(O)O. The Morgan fingerprint density at radius 1 is 1.27 bits per heavy atom. The van der Waals surface area contributed by atoms with Crippen LogP contribution in [0.1, 0.15) is 20.8 Å². The Kier molecular flexibility index (Phi) is 3.54. The molecule has 0 aliphatic rings. The predicted octanol–water partition coefficient (Wildman–Crippen LogP) is 1.48. The molecule has 0 saturated heterocycles. The fourth-order valence-corrected chi connectivity index (χ4v) is 0.595. The third-order valence-corrected chi connectivity index (χ3v) is 1.54. The molecule has 4 heteroatoms. The lowest BCUT2D eigenvalue weighted by Gasteiger charge is -1.92. The number of hydrogen-bond acceptors (Lipinski definition) is 1. The molecule has 0 fully saturated rings. The van der Waals surface area contributed by atoms with Crippen LogP contribution in [-0.2, 0) is 4.57 Å². The molecule has 0 aromatic heterocycles. The van der Waals surface area contributed by atoms with E-state index >= 15 is 0 Å². The maximum Gasteiger partial charge on any atom is 0.400 e. The predicted molar refractivity (Wildman–Crippen MR) is 43.9 cm³/mol. The molecule has 0 unspecified atom stereocenters. The molecule has 2 N–H and O–H groups in total. The van der Waals surface area contributed by atoms with Gasteiger partial charge in [-0.25, -0.2) is 4.57 Å². The van der Waals surface area contributed by atoms with E-state index in [9.17, 15) is 4.57 Å². The molecule has 0 spiro atoms. The van der Waals surface area contributed by atoms with Crippen molar-refractivity contribution in [1.82, 2.24) is 0 Å². The lowest BCUT2D eigenvalue weighted by Crippen LogP contribution is -1.75. The van der Waals surface area contributed by atoms with Crippen molar-refractivity contribution in [3.8, 4) is 11.6 Å². The van der Waals surface area contributed by atoms with Crippen molar-refractivity contribution in [2.75, 3.05) is 0 Å². The number of rotatable bonds is 0. The van der Waals surface area contributed by atoms with Gasteiger partial charge in [-0.3, -0.25) is 0 Å². The highest BCUT2D eigenvalue weighted by Crippen LogP contribution is 2.32. The zero-order valence-electron chi connectivity index (χ0n) is 6.75. The van der Waals surface area contributed by atoms with Gasteiger partial charge >= 0.3 is 7.60 Å². The Morgan fingerprint density at radius 2 is 1.73 bits per heavy atom. The Morgan fingerprint density at radius 3 is 2.00 bits per heavy atom. The average molecular weight is 174 g/mol. The fraction of sp³-hybridized carbons (Fsp3) is 0.429. The fourth-order valence-electron chi connectivity index (χ4n) is 0.282. The van der Waals surface area contributed by atoms with Crippen LogP contribution in [0, 0.1) is 11.6 Å². The van der Waals surface area contributed by atoms with Crippen molar-refractivity contribution in [1.29, 1.82) is 0 Å². The molecule has 0 heterocycles. The Balaban J connectivity index is 4.59. The largest absolute Gasteiger partial charge is 0.400 e. The number of hydrogen-bond donors (Lipinski definition) is 2. The van der Waals surface area contributed by atoms with Gasteiger partial charge in [0.05, 0.1) is 0 Å². The average Bonchev–Trinajstić information content (AvgIpc) is 1.80. The van der Waals surface area contributed by atoms with Crippen LogP contribution in [0.3, 0.4) is 0 Å². The van der Waals surface area contributed by atoms with Crippen molar-refractivity contribution < 1.29 is 14.4 Å². The quantitative estimate of drug-likeness (QED) is 0.432. The summed E-state index contributed by atoms with van der Waals surface area (Å²) in [6, 6.07) is 0. The maximum absolute atomic E-state index is 10.3. The van der Waals surface area contributed by atoms with Gasteiger partial charge in [0.1, 0.15) is 0 Å². The van der Waals surface area contributed by atoms with Crippen LogP contribution in [0.15, 0.2) is 11.1 Å². The van der Waals surface area contributed by atoms with Crippen LogP contribution >= 0.6 is 7.60 Å². The summed E-state index contributed by atoms with van der Waals surface area (Å²) in [5, 5.41) is 0.